The summed E-state index contributed by atoms with van der Waals surface area (Å²) in [5, 5.41) is 2.89. The van der Waals surface area contributed by atoms with Crippen molar-refractivity contribution in [3.8, 4) is 0 Å². The van der Waals surface area contributed by atoms with Crippen molar-refractivity contribution in [1.82, 2.24) is 15.0 Å². The Morgan fingerprint density at radius 1 is 1.36 bits per heavy atom. The summed E-state index contributed by atoms with van der Waals surface area (Å²) in [5.41, 5.74) is 5.30. The van der Waals surface area contributed by atoms with E-state index in [1.54, 1.807) is 6.07 Å². The molecule has 22 heavy (non-hydrogen) atoms. The number of hydrogen-bond acceptors (Lipinski definition) is 5. The number of aromatic nitrogens is 1. The van der Waals surface area contributed by atoms with Crippen molar-refractivity contribution in [1.29, 1.82) is 0 Å². The van der Waals surface area contributed by atoms with Crippen LogP contribution in [0.25, 0.3) is 0 Å². The molecule has 0 saturated carbocycles. The van der Waals surface area contributed by atoms with Gasteiger partial charge in [0.25, 0.3) is 0 Å². The largest absolute Gasteiger partial charge is 0.349 e. The van der Waals surface area contributed by atoms with Crippen LogP contribution in [0.15, 0.2) is 29.4 Å². The van der Waals surface area contributed by atoms with E-state index >= 15 is 0 Å². The monoisotopic (exact) mass is 328 g/mol. The Hall–Kier alpha value is -1.51. The van der Waals surface area contributed by atoms with Crippen molar-refractivity contribution in [3.63, 3.8) is 0 Å². The minimum Gasteiger partial charge on any atom is -0.349 e. The van der Waals surface area contributed by atoms with Crippen LogP contribution in [-0.4, -0.2) is 37.9 Å². The van der Waals surface area contributed by atoms with Crippen molar-refractivity contribution < 1.29 is 13.2 Å². The van der Waals surface area contributed by atoms with Crippen LogP contribution in [0.5, 0.6) is 0 Å². The highest BCUT2D eigenvalue weighted by Crippen LogP contribution is 2.13. The number of pyridine rings is 1. The van der Waals surface area contributed by atoms with Gasteiger partial charge < -0.3 is 11.1 Å². The summed E-state index contributed by atoms with van der Waals surface area (Å²) in [6, 6.07) is 2.99. The lowest BCUT2D eigenvalue weighted by Crippen LogP contribution is -2.53. The molecule has 1 rings (SSSR count). The fourth-order valence-corrected chi connectivity index (χ4v) is 3.01. The number of hydrogen-bond donors (Lipinski definition) is 3. The molecule has 0 atom stereocenters. The van der Waals surface area contributed by atoms with Crippen LogP contribution in [0.3, 0.4) is 0 Å². The molecule has 0 aliphatic rings. The molecule has 0 fully saturated rings. The van der Waals surface area contributed by atoms with Crippen LogP contribution < -0.4 is 15.8 Å². The number of nitrogens with two attached hydrogens (primary N) is 1. The minimum absolute atomic E-state index is 0.0249. The summed E-state index contributed by atoms with van der Waals surface area (Å²) in [5.74, 6) is -0.219. The van der Waals surface area contributed by atoms with Gasteiger partial charge in [0.2, 0.25) is 15.9 Å². The van der Waals surface area contributed by atoms with E-state index in [1.807, 2.05) is 13.8 Å². The molecule has 0 spiro atoms. The van der Waals surface area contributed by atoms with Crippen LogP contribution in [-0.2, 0) is 14.8 Å². The summed E-state index contributed by atoms with van der Waals surface area (Å²) >= 11 is 0. The minimum atomic E-state index is -3.63. The first-order chi connectivity index (χ1) is 10.4. The molecule has 0 radical (unpaired) electrons. The van der Waals surface area contributed by atoms with E-state index in [2.05, 4.69) is 15.0 Å². The van der Waals surface area contributed by atoms with Gasteiger partial charge in [0.15, 0.2) is 0 Å². The molecule has 124 valence electrons. The molecule has 8 heteroatoms. The van der Waals surface area contributed by atoms with Gasteiger partial charge in [0, 0.05) is 31.9 Å². The maximum atomic E-state index is 12.0. The number of amides is 1. The molecule has 1 amide bonds. The van der Waals surface area contributed by atoms with E-state index in [0.29, 0.717) is 6.54 Å². The lowest BCUT2D eigenvalue weighted by molar-refractivity contribution is -0.122. The van der Waals surface area contributed by atoms with E-state index in [-0.39, 0.29) is 23.8 Å². The zero-order valence-corrected chi connectivity index (χ0v) is 13.8. The van der Waals surface area contributed by atoms with Crippen LogP contribution >= 0.6 is 0 Å². The van der Waals surface area contributed by atoms with Crippen LogP contribution in [0.1, 0.15) is 33.1 Å². The maximum absolute atomic E-state index is 12.0. The van der Waals surface area contributed by atoms with Crippen LogP contribution in [0.2, 0.25) is 0 Å². The first kappa shape index (κ1) is 18.5. The highest BCUT2D eigenvalue weighted by molar-refractivity contribution is 7.89. The quantitative estimate of drug-likeness (QED) is 0.606. The number of carbonyl (C=O) groups excluding carboxylic acids is 1. The fraction of sp³-hybridized carbons (Fsp3) is 0.571. The Labute approximate surface area is 131 Å². The summed E-state index contributed by atoms with van der Waals surface area (Å²) in [4.78, 5) is 15.8. The molecule has 0 aromatic carbocycles. The smallest absolute Gasteiger partial charge is 0.242 e. The normalized spacial score (nSPS) is 12.1. The number of rotatable bonds is 9. The van der Waals surface area contributed by atoms with Crippen molar-refractivity contribution in [2.24, 2.45) is 5.73 Å². The molecule has 0 aliphatic carbocycles. The van der Waals surface area contributed by atoms with E-state index in [4.69, 9.17) is 5.73 Å². The Morgan fingerprint density at radius 2 is 2.05 bits per heavy atom. The fourth-order valence-electron chi connectivity index (χ4n) is 2.01. The van der Waals surface area contributed by atoms with Gasteiger partial charge in [-0.1, -0.05) is 13.8 Å². The summed E-state index contributed by atoms with van der Waals surface area (Å²) in [7, 11) is -3.63. The highest BCUT2D eigenvalue weighted by atomic mass is 32.2. The van der Waals surface area contributed by atoms with Gasteiger partial charge in [0.05, 0.1) is 5.54 Å². The van der Waals surface area contributed by atoms with Gasteiger partial charge in [-0.2, -0.15) is 0 Å². The lowest BCUT2D eigenvalue weighted by atomic mass is 9.93. The number of nitrogens with one attached hydrogen (secondary N) is 2. The first-order valence-electron chi connectivity index (χ1n) is 7.30. The van der Waals surface area contributed by atoms with E-state index in [1.165, 1.54) is 18.5 Å². The van der Waals surface area contributed by atoms with Crippen molar-refractivity contribution in [2.75, 3.05) is 13.1 Å². The predicted octanol–water partition coefficient (Wildman–Crippen LogP) is 0.384. The van der Waals surface area contributed by atoms with Gasteiger partial charge in [-0.05, 0) is 25.0 Å². The highest BCUT2D eigenvalue weighted by Gasteiger charge is 2.26. The van der Waals surface area contributed by atoms with Gasteiger partial charge in [-0.15, -0.1) is 0 Å². The van der Waals surface area contributed by atoms with Gasteiger partial charge in [-0.25, -0.2) is 13.1 Å². The van der Waals surface area contributed by atoms with Gasteiger partial charge in [0.1, 0.15) is 4.90 Å². The molecule has 4 N–H and O–H groups in total. The number of nitrogens with zero attached hydrogens (tertiary/aromatic N) is 1. The summed E-state index contributed by atoms with van der Waals surface area (Å²) in [6.07, 6.45) is 4.27. The van der Waals surface area contributed by atoms with E-state index in [9.17, 15) is 13.2 Å². The predicted molar refractivity (Wildman–Crippen MR) is 84.6 cm³/mol. The molecule has 1 heterocycles. The van der Waals surface area contributed by atoms with Gasteiger partial charge >= 0.3 is 0 Å². The Morgan fingerprint density at radius 3 is 2.55 bits per heavy atom. The Balaban J connectivity index is 2.52. The Kier molecular flexibility index (Phi) is 6.92. The van der Waals surface area contributed by atoms with Crippen molar-refractivity contribution >= 4 is 15.9 Å². The molecule has 0 unspecified atom stereocenters. The third-order valence-corrected chi connectivity index (χ3v) is 5.18. The topological polar surface area (TPSA) is 114 Å². The van der Waals surface area contributed by atoms with Crippen LogP contribution in [0.4, 0.5) is 0 Å². The van der Waals surface area contributed by atoms with Crippen molar-refractivity contribution in [3.05, 3.63) is 24.5 Å². The second kappa shape index (κ2) is 8.21. The molecular weight excluding hydrogens is 304 g/mol. The Bertz CT molecular complexity index is 563. The average Bonchev–Trinajstić information content (AvgIpc) is 2.53. The van der Waals surface area contributed by atoms with Gasteiger partial charge in [-0.3, -0.25) is 9.78 Å². The molecule has 0 aliphatic heterocycles. The molecule has 0 saturated heterocycles. The third-order valence-electron chi connectivity index (χ3n) is 3.74. The molecule has 1 aromatic heterocycles. The number of carbonyl (C=O) groups is 1. The lowest BCUT2D eigenvalue weighted by Gasteiger charge is -2.31. The van der Waals surface area contributed by atoms with Crippen LogP contribution in [0, 0.1) is 0 Å². The molecular formula is C14H24N4O3S. The summed E-state index contributed by atoms with van der Waals surface area (Å²) < 4.78 is 26.3. The third kappa shape index (κ3) is 5.04. The van der Waals surface area contributed by atoms with E-state index < -0.39 is 15.6 Å². The second-order valence-corrected chi connectivity index (χ2v) is 6.84. The summed E-state index contributed by atoms with van der Waals surface area (Å²) in [6.45, 7) is 4.30. The molecule has 1 aromatic rings. The van der Waals surface area contributed by atoms with E-state index in [0.717, 1.165) is 12.8 Å². The second-order valence-electron chi connectivity index (χ2n) is 5.08. The SMILES string of the molecule is CCC(CC)(CN)NC(=O)CCNS(=O)(=O)c1cccnc1. The molecule has 7 nitrogen and oxygen atoms in total. The first-order valence-corrected chi connectivity index (χ1v) is 8.78. The average molecular weight is 328 g/mol. The zero-order chi connectivity index (χ0) is 16.6. The maximum Gasteiger partial charge on any atom is 0.242 e. The van der Waals surface area contributed by atoms with Crippen molar-refractivity contribution in [2.45, 2.75) is 43.5 Å². The zero-order valence-electron chi connectivity index (χ0n) is 13.0. The number of sulfonamides is 1. The molecule has 0 bridgehead atoms. The standard InChI is InChI=1S/C14H24N4O3S/c1-3-14(4-2,11-15)18-13(19)7-9-17-22(20,21)12-6-5-8-16-10-12/h5-6,8,10,17H,3-4,7,9,11,15H2,1-2H3,(H,18,19).